The second-order valence-corrected chi connectivity index (χ2v) is 8.60. The zero-order chi connectivity index (χ0) is 15.6. The molecule has 0 aliphatic rings. The van der Waals surface area contributed by atoms with Crippen LogP contribution in [0, 0.1) is 6.92 Å². The van der Waals surface area contributed by atoms with Crippen molar-refractivity contribution < 1.29 is 18.3 Å². The topological polar surface area (TPSA) is 96.4 Å². The predicted octanol–water partition coefficient (Wildman–Crippen LogP) is 2.66. The average Bonchev–Trinajstić information content (AvgIpc) is 2.97. The van der Waals surface area contributed by atoms with Gasteiger partial charge in [0, 0.05) is 4.88 Å². The predicted molar refractivity (Wildman–Crippen MR) is 81.5 cm³/mol. The van der Waals surface area contributed by atoms with Crippen molar-refractivity contribution in [2.45, 2.75) is 23.6 Å². The minimum atomic E-state index is -3.88. The first-order valence-corrected chi connectivity index (χ1v) is 9.26. The minimum Gasteiger partial charge on any atom is -0.481 e. The lowest BCUT2D eigenvalue weighted by Gasteiger charge is -2.15. The van der Waals surface area contributed by atoms with Crippen molar-refractivity contribution in [1.82, 2.24) is 9.71 Å². The molecule has 0 aliphatic carbocycles. The number of thiazole rings is 1. The van der Waals surface area contributed by atoms with Gasteiger partial charge in [-0.3, -0.25) is 4.79 Å². The molecular formula is C11H11ClN2O4S3. The fraction of sp³-hybridized carbons (Fsp3) is 0.273. The molecule has 0 spiro atoms. The summed E-state index contributed by atoms with van der Waals surface area (Å²) in [5.41, 5.74) is 0.290. The van der Waals surface area contributed by atoms with Gasteiger partial charge in [0.15, 0.2) is 8.68 Å². The van der Waals surface area contributed by atoms with Gasteiger partial charge in [-0.15, -0.1) is 11.3 Å². The van der Waals surface area contributed by atoms with Crippen molar-refractivity contribution in [3.63, 3.8) is 0 Å². The molecule has 0 aliphatic heterocycles. The Labute approximate surface area is 134 Å². The molecule has 2 aromatic rings. The summed E-state index contributed by atoms with van der Waals surface area (Å²) in [6, 6.07) is 2.60. The summed E-state index contributed by atoms with van der Waals surface area (Å²) in [4.78, 5) is 15.4. The van der Waals surface area contributed by atoms with Gasteiger partial charge in [0.05, 0.1) is 18.2 Å². The first-order valence-electron chi connectivity index (χ1n) is 5.70. The van der Waals surface area contributed by atoms with Crippen molar-refractivity contribution in [3.8, 4) is 0 Å². The number of nitrogens with one attached hydrogen (secondary N) is 1. The van der Waals surface area contributed by atoms with Gasteiger partial charge in [0.25, 0.3) is 10.0 Å². The van der Waals surface area contributed by atoms with Crippen molar-refractivity contribution in [2.75, 3.05) is 0 Å². The third-order valence-corrected chi connectivity index (χ3v) is 6.86. The Bertz CT molecular complexity index is 740. The molecule has 0 radical (unpaired) electrons. The summed E-state index contributed by atoms with van der Waals surface area (Å²) in [7, 11) is -3.88. The van der Waals surface area contributed by atoms with Crippen LogP contribution in [0.3, 0.4) is 0 Å². The lowest BCUT2D eigenvalue weighted by Crippen LogP contribution is -2.29. The lowest BCUT2D eigenvalue weighted by molar-refractivity contribution is -0.137. The van der Waals surface area contributed by atoms with Gasteiger partial charge >= 0.3 is 5.97 Å². The molecule has 1 atom stereocenters. The summed E-state index contributed by atoms with van der Waals surface area (Å²) in [5.74, 6) is -1.09. The number of aryl methyl sites for hydroxylation is 1. The second-order valence-electron chi connectivity index (χ2n) is 4.13. The molecule has 0 saturated heterocycles. The van der Waals surface area contributed by atoms with E-state index in [1.165, 1.54) is 18.3 Å². The van der Waals surface area contributed by atoms with Crippen LogP contribution in [0.25, 0.3) is 0 Å². The van der Waals surface area contributed by atoms with Crippen LogP contribution in [0.5, 0.6) is 0 Å². The maximum absolute atomic E-state index is 12.4. The Balaban J connectivity index is 2.31. The summed E-state index contributed by atoms with van der Waals surface area (Å²) in [6.07, 6.45) is -0.342. The summed E-state index contributed by atoms with van der Waals surface area (Å²) < 4.78 is 27.3. The standard InChI is InChI=1S/C11H11ClN2O4S3/c1-6-10(20-11(12)13-6)21(17,18)14-7(5-9(15)16)8-3-2-4-19-8/h2-4,7,14H,5H2,1H3,(H,15,16). The van der Waals surface area contributed by atoms with E-state index < -0.39 is 22.0 Å². The van der Waals surface area contributed by atoms with Crippen molar-refractivity contribution in [3.05, 3.63) is 32.6 Å². The zero-order valence-electron chi connectivity index (χ0n) is 10.7. The first-order chi connectivity index (χ1) is 9.79. The SMILES string of the molecule is Cc1nc(Cl)sc1S(=O)(=O)NC(CC(=O)O)c1cccs1. The van der Waals surface area contributed by atoms with Gasteiger partial charge in [-0.25, -0.2) is 18.1 Å². The molecule has 0 bridgehead atoms. The first kappa shape index (κ1) is 16.4. The van der Waals surface area contributed by atoms with Crippen LogP contribution in [-0.2, 0) is 14.8 Å². The number of hydrogen-bond acceptors (Lipinski definition) is 6. The molecule has 2 heterocycles. The van der Waals surface area contributed by atoms with E-state index in [2.05, 4.69) is 9.71 Å². The van der Waals surface area contributed by atoms with E-state index in [0.717, 1.165) is 11.3 Å². The highest BCUT2D eigenvalue weighted by atomic mass is 35.5. The van der Waals surface area contributed by atoms with Gasteiger partial charge in [-0.1, -0.05) is 29.0 Å². The molecule has 0 saturated carbocycles. The van der Waals surface area contributed by atoms with E-state index >= 15 is 0 Å². The Morgan fingerprint density at radius 3 is 2.76 bits per heavy atom. The highest BCUT2D eigenvalue weighted by Crippen LogP contribution is 2.29. The number of sulfonamides is 1. The van der Waals surface area contributed by atoms with E-state index in [1.807, 2.05) is 0 Å². The maximum Gasteiger partial charge on any atom is 0.305 e. The molecular weight excluding hydrogens is 356 g/mol. The quantitative estimate of drug-likeness (QED) is 0.819. The number of aromatic nitrogens is 1. The fourth-order valence-electron chi connectivity index (χ4n) is 1.71. The minimum absolute atomic E-state index is 0.000514. The van der Waals surface area contributed by atoms with Crippen LogP contribution in [-0.4, -0.2) is 24.5 Å². The van der Waals surface area contributed by atoms with Crippen LogP contribution >= 0.6 is 34.3 Å². The van der Waals surface area contributed by atoms with E-state index in [0.29, 0.717) is 4.88 Å². The molecule has 0 amide bonds. The van der Waals surface area contributed by atoms with Gasteiger partial charge in [-0.05, 0) is 18.4 Å². The number of aliphatic carboxylic acids is 1. The molecule has 114 valence electrons. The molecule has 2 aromatic heterocycles. The number of hydrogen-bond donors (Lipinski definition) is 2. The second kappa shape index (κ2) is 6.41. The Morgan fingerprint density at radius 1 is 1.57 bits per heavy atom. The summed E-state index contributed by atoms with van der Waals surface area (Å²) in [5, 5.41) is 10.7. The number of carboxylic acids is 1. The number of carbonyl (C=O) groups is 1. The van der Waals surface area contributed by atoms with Crippen LogP contribution in [0.2, 0.25) is 4.47 Å². The van der Waals surface area contributed by atoms with Crippen LogP contribution in [0.1, 0.15) is 23.0 Å². The molecule has 1 unspecified atom stereocenters. The van der Waals surface area contributed by atoms with Crippen molar-refractivity contribution >= 4 is 50.3 Å². The highest BCUT2D eigenvalue weighted by molar-refractivity contribution is 7.91. The summed E-state index contributed by atoms with van der Waals surface area (Å²) in [6.45, 7) is 1.54. The van der Waals surface area contributed by atoms with Crippen LogP contribution in [0.15, 0.2) is 21.7 Å². The van der Waals surface area contributed by atoms with Gasteiger partial charge < -0.3 is 5.11 Å². The van der Waals surface area contributed by atoms with Crippen LogP contribution < -0.4 is 4.72 Å². The maximum atomic E-state index is 12.4. The molecule has 10 heteroatoms. The number of halogens is 1. The molecule has 6 nitrogen and oxygen atoms in total. The molecule has 2 rings (SSSR count). The largest absolute Gasteiger partial charge is 0.481 e. The Morgan fingerprint density at radius 2 is 2.29 bits per heavy atom. The lowest BCUT2D eigenvalue weighted by atomic mass is 10.2. The molecule has 21 heavy (non-hydrogen) atoms. The van der Waals surface area contributed by atoms with E-state index in [-0.39, 0.29) is 20.8 Å². The van der Waals surface area contributed by atoms with Crippen molar-refractivity contribution in [1.29, 1.82) is 0 Å². The van der Waals surface area contributed by atoms with Crippen LogP contribution in [0.4, 0.5) is 0 Å². The zero-order valence-corrected chi connectivity index (χ0v) is 13.9. The number of carboxylic acid groups (broad SMARTS) is 1. The van der Waals surface area contributed by atoms with Gasteiger partial charge in [0.1, 0.15) is 0 Å². The van der Waals surface area contributed by atoms with Gasteiger partial charge in [0.2, 0.25) is 0 Å². The number of thiophene rings is 1. The number of rotatable bonds is 6. The third-order valence-electron chi connectivity index (χ3n) is 2.53. The summed E-state index contributed by atoms with van der Waals surface area (Å²) >= 11 is 7.84. The highest BCUT2D eigenvalue weighted by Gasteiger charge is 2.27. The smallest absolute Gasteiger partial charge is 0.305 e. The van der Waals surface area contributed by atoms with E-state index in [4.69, 9.17) is 16.7 Å². The molecule has 0 aromatic carbocycles. The number of nitrogens with zero attached hydrogens (tertiary/aromatic N) is 1. The van der Waals surface area contributed by atoms with E-state index in [9.17, 15) is 13.2 Å². The Hall–Kier alpha value is -1.00. The Kier molecular flexibility index (Phi) is 4.99. The molecule has 0 fully saturated rings. The average molecular weight is 367 g/mol. The van der Waals surface area contributed by atoms with E-state index in [1.54, 1.807) is 17.5 Å². The monoisotopic (exact) mass is 366 g/mol. The van der Waals surface area contributed by atoms with Crippen molar-refractivity contribution in [2.24, 2.45) is 0 Å². The normalized spacial score (nSPS) is 13.2. The molecule has 2 N–H and O–H groups in total. The fourth-order valence-corrected chi connectivity index (χ4v) is 5.53. The van der Waals surface area contributed by atoms with Gasteiger partial charge in [-0.2, -0.15) is 0 Å². The third kappa shape index (κ3) is 4.01.